The highest BCUT2D eigenvalue weighted by Gasteiger charge is 2.16. The summed E-state index contributed by atoms with van der Waals surface area (Å²) >= 11 is 7.16. The number of methoxy groups -OCH3 is 1. The Morgan fingerprint density at radius 3 is 2.42 bits per heavy atom. The van der Waals surface area contributed by atoms with Crippen molar-refractivity contribution in [1.29, 1.82) is 0 Å². The number of aryl methyl sites for hydroxylation is 1. The van der Waals surface area contributed by atoms with Crippen LogP contribution in [0.4, 0.5) is 5.69 Å². The normalized spacial score (nSPS) is 12.0. The number of hydrogen-bond donors (Lipinski definition) is 1. The Morgan fingerprint density at radius 1 is 1.05 bits per heavy atom. The lowest BCUT2D eigenvalue weighted by atomic mass is 10.1. The van der Waals surface area contributed by atoms with Crippen LogP contribution in [0.2, 0.25) is 5.02 Å². The Balaban J connectivity index is 1.61. The van der Waals surface area contributed by atoms with Gasteiger partial charge >= 0.3 is 5.97 Å². The molecule has 0 bridgehead atoms. The fourth-order valence-electron chi connectivity index (χ4n) is 3.75. The molecule has 198 valence electrons. The van der Waals surface area contributed by atoms with Crippen LogP contribution >= 0.6 is 22.9 Å². The molecule has 0 aliphatic rings. The molecule has 38 heavy (non-hydrogen) atoms. The van der Waals surface area contributed by atoms with E-state index in [0.29, 0.717) is 15.5 Å². The Morgan fingerprint density at radius 2 is 1.76 bits per heavy atom. The van der Waals surface area contributed by atoms with E-state index in [1.807, 2.05) is 12.1 Å². The molecule has 1 N–H and O–H groups in total. The number of sulfonamides is 1. The number of benzene rings is 3. The summed E-state index contributed by atoms with van der Waals surface area (Å²) in [7, 11) is -2.51. The minimum absolute atomic E-state index is 0.0647. The summed E-state index contributed by atoms with van der Waals surface area (Å²) in [5, 5.41) is 0.430. The summed E-state index contributed by atoms with van der Waals surface area (Å²) in [5.41, 5.74) is 2.53. The Bertz CT molecular complexity index is 1640. The Labute approximate surface area is 229 Å². The summed E-state index contributed by atoms with van der Waals surface area (Å²) in [4.78, 5) is 29.8. The van der Waals surface area contributed by atoms with Gasteiger partial charge < -0.3 is 9.30 Å². The first-order chi connectivity index (χ1) is 18.2. The number of aromatic nitrogens is 1. The van der Waals surface area contributed by atoms with Crippen molar-refractivity contribution in [3.8, 4) is 0 Å². The van der Waals surface area contributed by atoms with Crippen molar-refractivity contribution >= 4 is 60.7 Å². The third kappa shape index (κ3) is 6.50. The monoisotopic (exact) mass is 571 g/mol. The molecule has 0 aliphatic carbocycles. The van der Waals surface area contributed by atoms with Gasteiger partial charge in [0.1, 0.15) is 6.54 Å². The lowest BCUT2D eigenvalue weighted by molar-refractivity contribution is -0.141. The number of carbonyl (C=O) groups is 2. The van der Waals surface area contributed by atoms with Gasteiger partial charge in [-0.25, -0.2) is 8.42 Å². The third-order valence-corrected chi connectivity index (χ3v) is 8.48. The van der Waals surface area contributed by atoms with Gasteiger partial charge in [-0.2, -0.15) is 4.99 Å². The highest BCUT2D eigenvalue weighted by Crippen LogP contribution is 2.22. The van der Waals surface area contributed by atoms with E-state index in [0.717, 1.165) is 29.5 Å². The van der Waals surface area contributed by atoms with E-state index in [2.05, 4.69) is 22.7 Å². The number of thiazole rings is 1. The Kier molecular flexibility index (Phi) is 8.65. The van der Waals surface area contributed by atoms with Crippen molar-refractivity contribution in [3.05, 3.63) is 87.7 Å². The number of nitrogens with one attached hydrogen (secondary N) is 1. The largest absolute Gasteiger partial charge is 0.468 e. The number of esters is 1. The highest BCUT2D eigenvalue weighted by molar-refractivity contribution is 7.92. The fourth-order valence-corrected chi connectivity index (χ4v) is 6.02. The van der Waals surface area contributed by atoms with E-state index >= 15 is 0 Å². The van der Waals surface area contributed by atoms with Crippen molar-refractivity contribution in [1.82, 2.24) is 4.57 Å². The van der Waals surface area contributed by atoms with Gasteiger partial charge in [-0.3, -0.25) is 14.3 Å². The van der Waals surface area contributed by atoms with Crippen LogP contribution < -0.4 is 9.52 Å². The maximum absolute atomic E-state index is 13.0. The fraction of sp³-hybridized carbons (Fsp3) is 0.222. The Hall–Kier alpha value is -3.47. The molecule has 0 spiro atoms. The molecule has 0 atom stereocenters. The van der Waals surface area contributed by atoms with Crippen LogP contribution in [0.15, 0.2) is 76.6 Å². The van der Waals surface area contributed by atoms with Gasteiger partial charge in [0, 0.05) is 16.3 Å². The molecule has 0 radical (unpaired) electrons. The second kappa shape index (κ2) is 11.9. The molecule has 0 aliphatic heterocycles. The summed E-state index contributed by atoms with van der Waals surface area (Å²) < 4.78 is 35.1. The zero-order chi connectivity index (χ0) is 27.3. The van der Waals surface area contributed by atoms with Crippen molar-refractivity contribution < 1.29 is 22.7 Å². The van der Waals surface area contributed by atoms with E-state index in [9.17, 15) is 18.0 Å². The molecule has 0 saturated heterocycles. The van der Waals surface area contributed by atoms with E-state index in [1.54, 1.807) is 4.57 Å². The molecule has 3 aromatic carbocycles. The molecule has 1 aromatic heterocycles. The van der Waals surface area contributed by atoms with E-state index in [4.69, 9.17) is 16.3 Å². The standard InChI is InChI=1S/C27H26ClN3O5S2/c1-3-4-5-18-6-15-23-24(16-18)37-27(31(23)17-25(32)36-2)29-26(33)19-7-11-21(12-8-19)30-38(34,35)22-13-9-20(28)10-14-22/h6-16,30H,3-5,17H2,1-2H3. The van der Waals surface area contributed by atoms with Gasteiger partial charge in [0.05, 0.1) is 22.2 Å². The predicted octanol–water partition coefficient (Wildman–Crippen LogP) is 5.41. The number of fused-ring (bicyclic) bond motifs is 1. The molecule has 0 fully saturated rings. The van der Waals surface area contributed by atoms with Crippen molar-refractivity contribution in [2.24, 2.45) is 4.99 Å². The average molecular weight is 572 g/mol. The van der Waals surface area contributed by atoms with Crippen LogP contribution in [0.1, 0.15) is 35.7 Å². The predicted molar refractivity (Wildman–Crippen MR) is 149 cm³/mol. The maximum Gasteiger partial charge on any atom is 0.325 e. The second-order valence-electron chi connectivity index (χ2n) is 8.51. The minimum Gasteiger partial charge on any atom is -0.468 e. The zero-order valence-electron chi connectivity index (χ0n) is 20.8. The zero-order valence-corrected chi connectivity index (χ0v) is 23.2. The summed E-state index contributed by atoms with van der Waals surface area (Å²) in [6.07, 6.45) is 3.10. The first-order valence-electron chi connectivity index (χ1n) is 11.9. The van der Waals surface area contributed by atoms with Crippen LogP contribution in [-0.4, -0.2) is 32.0 Å². The summed E-state index contributed by atoms with van der Waals surface area (Å²) in [5.74, 6) is -0.973. The number of anilines is 1. The van der Waals surface area contributed by atoms with Crippen LogP contribution in [0.5, 0.6) is 0 Å². The molecule has 4 rings (SSSR count). The van der Waals surface area contributed by atoms with Crippen molar-refractivity contribution in [2.75, 3.05) is 11.8 Å². The molecule has 1 heterocycles. The van der Waals surface area contributed by atoms with Crippen molar-refractivity contribution in [2.45, 2.75) is 37.6 Å². The minimum atomic E-state index is -3.82. The summed E-state index contributed by atoms with van der Waals surface area (Å²) in [6.45, 7) is 2.06. The average Bonchev–Trinajstić information content (AvgIpc) is 3.23. The van der Waals surface area contributed by atoms with E-state index in [-0.39, 0.29) is 17.0 Å². The quantitative estimate of drug-likeness (QED) is 0.270. The van der Waals surface area contributed by atoms with Crippen molar-refractivity contribution in [3.63, 3.8) is 0 Å². The SMILES string of the molecule is CCCCc1ccc2c(c1)sc(=NC(=O)c1ccc(NS(=O)(=O)c3ccc(Cl)cc3)cc1)n2CC(=O)OC. The first-order valence-corrected chi connectivity index (χ1v) is 14.5. The van der Waals surface area contributed by atoms with Crippen LogP contribution in [-0.2, 0) is 32.5 Å². The molecule has 0 unspecified atom stereocenters. The number of ether oxygens (including phenoxy) is 1. The van der Waals surface area contributed by atoms with Gasteiger partial charge in [0.25, 0.3) is 15.9 Å². The number of halogens is 1. The van der Waals surface area contributed by atoms with E-state index in [1.165, 1.54) is 72.5 Å². The second-order valence-corrected chi connectivity index (χ2v) is 11.6. The molecule has 11 heteroatoms. The lowest BCUT2D eigenvalue weighted by Crippen LogP contribution is -2.22. The van der Waals surface area contributed by atoms with Crippen LogP contribution in [0, 0.1) is 0 Å². The number of hydrogen-bond acceptors (Lipinski definition) is 6. The highest BCUT2D eigenvalue weighted by atomic mass is 35.5. The topological polar surface area (TPSA) is 107 Å². The van der Waals surface area contributed by atoms with Gasteiger partial charge in [-0.1, -0.05) is 42.3 Å². The number of nitrogens with zero attached hydrogens (tertiary/aromatic N) is 2. The number of carbonyl (C=O) groups excluding carboxylic acids is 2. The van der Waals surface area contributed by atoms with Crippen LogP contribution in [0.25, 0.3) is 10.2 Å². The molecular formula is C27H26ClN3O5S2. The number of unbranched alkanes of at least 4 members (excludes halogenated alkanes) is 1. The molecule has 1 amide bonds. The van der Waals surface area contributed by atoms with Crippen LogP contribution in [0.3, 0.4) is 0 Å². The van der Waals surface area contributed by atoms with Gasteiger partial charge in [-0.15, -0.1) is 0 Å². The number of amides is 1. The molecule has 8 nitrogen and oxygen atoms in total. The maximum atomic E-state index is 13.0. The lowest BCUT2D eigenvalue weighted by Gasteiger charge is -2.08. The van der Waals surface area contributed by atoms with Gasteiger partial charge in [0.15, 0.2) is 4.80 Å². The smallest absolute Gasteiger partial charge is 0.325 e. The van der Waals surface area contributed by atoms with Gasteiger partial charge in [0.2, 0.25) is 0 Å². The first kappa shape index (κ1) is 27.6. The molecular weight excluding hydrogens is 546 g/mol. The third-order valence-electron chi connectivity index (χ3n) is 5.79. The molecule has 0 saturated carbocycles. The number of rotatable bonds is 9. The van der Waals surface area contributed by atoms with E-state index < -0.39 is 21.9 Å². The molecule has 4 aromatic rings. The summed E-state index contributed by atoms with van der Waals surface area (Å²) in [6, 6.07) is 17.8. The van der Waals surface area contributed by atoms with Gasteiger partial charge in [-0.05, 0) is 79.1 Å².